The first kappa shape index (κ1) is 48.9. The predicted octanol–water partition coefficient (Wildman–Crippen LogP) is 6.83. The fourth-order valence-electron chi connectivity index (χ4n) is 10.2. The number of nitrogens with zero attached hydrogens (tertiary/aromatic N) is 7. The van der Waals surface area contributed by atoms with E-state index in [1.165, 1.54) is 22.7 Å². The molecule has 1 unspecified atom stereocenters. The van der Waals surface area contributed by atoms with Gasteiger partial charge in [0.25, 0.3) is 17.7 Å². The van der Waals surface area contributed by atoms with Crippen LogP contribution in [0.3, 0.4) is 0 Å². The minimum atomic E-state index is -0.698. The molecule has 5 aliphatic heterocycles. The zero-order valence-corrected chi connectivity index (χ0v) is 41.4. The molecule has 0 aliphatic carbocycles. The fourth-order valence-corrected chi connectivity index (χ4v) is 11.2. The number of amides is 5. The van der Waals surface area contributed by atoms with Gasteiger partial charge in [-0.15, -0.1) is 0 Å². The number of halogens is 2. The molecule has 72 heavy (non-hydrogen) atoms. The highest BCUT2D eigenvalue weighted by Crippen LogP contribution is 2.34. The molecule has 3 saturated heterocycles. The van der Waals surface area contributed by atoms with Crippen LogP contribution in [0.2, 0.25) is 5.02 Å². The van der Waals surface area contributed by atoms with E-state index in [1.54, 1.807) is 55.0 Å². The van der Waals surface area contributed by atoms with Gasteiger partial charge in [-0.25, -0.2) is 14.4 Å². The van der Waals surface area contributed by atoms with E-state index in [0.717, 1.165) is 96.3 Å². The molecule has 5 aliphatic rings. The van der Waals surface area contributed by atoms with Crippen molar-refractivity contribution in [2.24, 2.45) is 5.73 Å². The van der Waals surface area contributed by atoms with Crippen molar-refractivity contribution in [3.63, 3.8) is 0 Å². The van der Waals surface area contributed by atoms with E-state index in [2.05, 4.69) is 53.7 Å². The van der Waals surface area contributed by atoms with Crippen molar-refractivity contribution in [2.45, 2.75) is 92.5 Å². The molecule has 0 radical (unpaired) electrons. The number of hydrogen-bond acceptors (Lipinski definition) is 13. The van der Waals surface area contributed by atoms with Crippen LogP contribution < -0.4 is 31.5 Å². The van der Waals surface area contributed by atoms with Gasteiger partial charge in [0.05, 0.1) is 23.1 Å². The van der Waals surface area contributed by atoms with Gasteiger partial charge in [0.1, 0.15) is 28.4 Å². The van der Waals surface area contributed by atoms with Crippen LogP contribution in [0.4, 0.5) is 21.6 Å². The van der Waals surface area contributed by atoms with Crippen LogP contribution >= 0.6 is 23.4 Å². The molecular weight excluding hydrogens is 957 g/mol. The maximum absolute atomic E-state index is 15.7. The van der Waals surface area contributed by atoms with E-state index in [0.29, 0.717) is 41.1 Å². The highest BCUT2D eigenvalue weighted by molar-refractivity contribution is 7.99. The molecule has 0 spiro atoms. The summed E-state index contributed by atoms with van der Waals surface area (Å²) in [5, 5.41) is 9.29. The molecule has 0 saturated carbocycles. The van der Waals surface area contributed by atoms with E-state index in [9.17, 15) is 24.0 Å². The third-order valence-electron chi connectivity index (χ3n) is 14.4. The highest BCUT2D eigenvalue weighted by Gasteiger charge is 2.39. The lowest BCUT2D eigenvalue weighted by Gasteiger charge is -2.40. The van der Waals surface area contributed by atoms with Crippen molar-refractivity contribution in [1.82, 2.24) is 35.4 Å². The molecule has 3 aromatic carbocycles. The number of nitrogens with two attached hydrogens (primary N) is 1. The van der Waals surface area contributed by atoms with Crippen molar-refractivity contribution >= 4 is 75.7 Å². The number of pyridine rings is 1. The van der Waals surface area contributed by atoms with E-state index in [-0.39, 0.29) is 54.5 Å². The standard InChI is InChI=1S/C53H55ClFN11O5S/c1-53(56)15-21-65(22-16-53)46-29-59-48(30-58-46)72-38-4-2-3-36(25-38)61-49(68)34-6-8-44(42(55)24-34)64-19-13-37(14-20-64)63-17-11-33(12-18-63)40-28-57-43(26-41(40)54)50(69)60-27-32-5-7-39-35(23-32)31-66(52(39)71)45-9-10-47(67)62-51(45)70/h2-8,11,23-26,28-30,37,45H,9-10,12-22,27,31,56H2,1H3,(H,60,69)(H,61,68)(H,62,67,70). The van der Waals surface area contributed by atoms with Gasteiger partial charge in [0.15, 0.2) is 0 Å². The zero-order valence-electron chi connectivity index (χ0n) is 39.8. The fraction of sp³-hybridized carbons (Fsp3) is 0.358. The number of carbonyl (C=O) groups excluding carboxylic acids is 5. The lowest BCUT2D eigenvalue weighted by atomic mass is 9.91. The Bertz CT molecular complexity index is 2970. The molecule has 372 valence electrons. The summed E-state index contributed by atoms with van der Waals surface area (Å²) in [6.07, 6.45) is 12.1. The van der Waals surface area contributed by atoms with Crippen LogP contribution in [0.25, 0.3) is 5.57 Å². The Hall–Kier alpha value is -6.73. The molecule has 3 fully saturated rings. The quantitative estimate of drug-likeness (QED) is 0.0950. The molecule has 0 bridgehead atoms. The number of benzene rings is 3. The van der Waals surface area contributed by atoms with Gasteiger partial charge in [-0.2, -0.15) is 0 Å². The minimum absolute atomic E-state index is 0.143. The molecule has 2 aromatic heterocycles. The Balaban J connectivity index is 0.672. The second-order valence-corrected chi connectivity index (χ2v) is 20.9. The number of rotatable bonds is 12. The average molecular weight is 1010 g/mol. The summed E-state index contributed by atoms with van der Waals surface area (Å²) in [6, 6.07) is 18.7. The topological polar surface area (TPSA) is 199 Å². The monoisotopic (exact) mass is 1010 g/mol. The maximum atomic E-state index is 15.7. The largest absolute Gasteiger partial charge is 0.369 e. The zero-order chi connectivity index (χ0) is 50.1. The second kappa shape index (κ2) is 20.8. The summed E-state index contributed by atoms with van der Waals surface area (Å²) in [4.78, 5) is 86.4. The molecular formula is C53H55ClFN11O5S. The molecule has 5 aromatic rings. The van der Waals surface area contributed by atoms with Crippen molar-refractivity contribution in [2.75, 3.05) is 54.4 Å². The highest BCUT2D eigenvalue weighted by atomic mass is 35.5. The Morgan fingerprint density at radius 3 is 2.42 bits per heavy atom. The van der Waals surface area contributed by atoms with Gasteiger partial charge in [0.2, 0.25) is 11.8 Å². The third kappa shape index (κ3) is 10.9. The normalized spacial score (nSPS) is 19.4. The molecule has 7 heterocycles. The molecule has 5 N–H and O–H groups in total. The molecule has 1 atom stereocenters. The summed E-state index contributed by atoms with van der Waals surface area (Å²) in [6.45, 7) is 7.12. The average Bonchev–Trinajstić information content (AvgIpc) is 3.70. The van der Waals surface area contributed by atoms with Gasteiger partial charge in [0, 0.05) is 104 Å². The van der Waals surface area contributed by atoms with Crippen LogP contribution in [0.1, 0.15) is 99.8 Å². The van der Waals surface area contributed by atoms with Gasteiger partial charge >= 0.3 is 0 Å². The first-order chi connectivity index (χ1) is 34.7. The van der Waals surface area contributed by atoms with Crippen molar-refractivity contribution in [3.8, 4) is 0 Å². The smallest absolute Gasteiger partial charge is 0.270 e. The van der Waals surface area contributed by atoms with E-state index >= 15 is 4.39 Å². The second-order valence-electron chi connectivity index (χ2n) is 19.4. The Labute approximate surface area is 426 Å². The van der Waals surface area contributed by atoms with Crippen molar-refractivity contribution in [1.29, 1.82) is 0 Å². The van der Waals surface area contributed by atoms with Gasteiger partial charge in [-0.1, -0.05) is 47.6 Å². The summed E-state index contributed by atoms with van der Waals surface area (Å²) < 4.78 is 15.7. The number of imide groups is 1. The first-order valence-corrected chi connectivity index (χ1v) is 25.6. The number of hydrogen-bond donors (Lipinski definition) is 4. The maximum Gasteiger partial charge on any atom is 0.270 e. The van der Waals surface area contributed by atoms with Gasteiger partial charge < -0.3 is 31.1 Å². The Morgan fingerprint density at radius 2 is 1.69 bits per heavy atom. The van der Waals surface area contributed by atoms with Crippen LogP contribution in [-0.2, 0) is 22.7 Å². The predicted molar refractivity (Wildman–Crippen MR) is 273 cm³/mol. The summed E-state index contributed by atoms with van der Waals surface area (Å²) in [5.41, 5.74) is 11.5. The number of nitrogens with one attached hydrogen (secondary N) is 3. The number of carbonyl (C=O) groups is 5. The van der Waals surface area contributed by atoms with Crippen LogP contribution in [0.5, 0.6) is 0 Å². The minimum Gasteiger partial charge on any atom is -0.369 e. The molecule has 16 nitrogen and oxygen atoms in total. The van der Waals surface area contributed by atoms with E-state index in [1.807, 2.05) is 29.2 Å². The van der Waals surface area contributed by atoms with Gasteiger partial charge in [-0.05, 0) is 111 Å². The number of piperidine rings is 3. The van der Waals surface area contributed by atoms with E-state index in [4.69, 9.17) is 17.3 Å². The molecule has 5 amide bonds. The summed E-state index contributed by atoms with van der Waals surface area (Å²) in [5.74, 6) is -1.45. The summed E-state index contributed by atoms with van der Waals surface area (Å²) in [7, 11) is 0. The Kier molecular flexibility index (Phi) is 14.1. The number of aromatic nitrogens is 3. The molecule has 10 rings (SSSR count). The lowest BCUT2D eigenvalue weighted by Crippen LogP contribution is -2.52. The van der Waals surface area contributed by atoms with Crippen LogP contribution in [0.15, 0.2) is 101 Å². The van der Waals surface area contributed by atoms with E-state index < -0.39 is 29.6 Å². The van der Waals surface area contributed by atoms with Crippen molar-refractivity contribution in [3.05, 3.63) is 136 Å². The first-order valence-electron chi connectivity index (χ1n) is 24.4. The number of anilines is 3. The SMILES string of the molecule is CC1(N)CCN(c2cnc(Sc3cccc(NC(=O)c4ccc(N5CCC(N6CC=C(c7cnc(C(=O)NCc8ccc9c(c8)CN(C8CCC(=O)NC8=O)C9=O)cc7Cl)CC6)CC5)c(F)c4)c3)cn2)CC1. The lowest BCUT2D eigenvalue weighted by molar-refractivity contribution is -0.136. The Morgan fingerprint density at radius 1 is 0.875 bits per heavy atom. The van der Waals surface area contributed by atoms with Crippen LogP contribution in [0, 0.1) is 5.82 Å². The summed E-state index contributed by atoms with van der Waals surface area (Å²) >= 11 is 8.21. The molecule has 19 heteroatoms. The third-order valence-corrected chi connectivity index (χ3v) is 15.6. The van der Waals surface area contributed by atoms with Crippen LogP contribution in [-0.4, -0.2) is 111 Å². The van der Waals surface area contributed by atoms with Gasteiger partial charge in [-0.3, -0.25) is 39.2 Å². The van der Waals surface area contributed by atoms with Crippen molar-refractivity contribution < 1.29 is 28.4 Å². The number of fused-ring (bicyclic) bond motifs is 1.